The number of unbranched alkanes of at least 4 members (excludes halogenated alkanes) is 21. The molecule has 0 saturated carbocycles. The predicted octanol–water partition coefficient (Wildman–Crippen LogP) is 9.63. The Labute approximate surface area is 249 Å². The van der Waals surface area contributed by atoms with Crippen LogP contribution >= 0.6 is 0 Å². The molecule has 0 fully saturated rings. The molecule has 0 aromatic rings. The molecule has 2 N–H and O–H groups in total. The zero-order chi connectivity index (χ0) is 30.1. The Morgan fingerprint density at radius 2 is 0.900 bits per heavy atom. The minimum atomic E-state index is -1.81. The largest absolute Gasteiger partial charge is 0.481 e. The van der Waals surface area contributed by atoms with E-state index in [2.05, 4.69) is 13.8 Å². The molecule has 0 aliphatic carbocycles. The molecule has 2 atom stereocenters. The first kappa shape index (κ1) is 39.1. The summed E-state index contributed by atoms with van der Waals surface area (Å²) in [6.07, 6.45) is 28.8. The molecule has 0 aliphatic heterocycles. The van der Waals surface area contributed by atoms with Gasteiger partial charge < -0.3 is 14.7 Å². The monoisotopic (exact) mass is 569 g/mol. The van der Waals surface area contributed by atoms with Crippen molar-refractivity contribution in [3.05, 3.63) is 0 Å². The van der Waals surface area contributed by atoms with Gasteiger partial charge in [-0.25, -0.2) is 0 Å². The Bertz CT molecular complexity index is 615. The van der Waals surface area contributed by atoms with Crippen molar-refractivity contribution in [2.24, 2.45) is 0 Å². The van der Waals surface area contributed by atoms with E-state index in [-0.39, 0.29) is 12.2 Å². The van der Waals surface area contributed by atoms with Crippen LogP contribution in [-0.4, -0.2) is 59.2 Å². The van der Waals surface area contributed by atoms with Crippen LogP contribution in [0.25, 0.3) is 0 Å². The number of rotatable bonds is 30. The number of carboxylic acids is 1. The molecule has 0 saturated heterocycles. The van der Waals surface area contributed by atoms with Gasteiger partial charge in [-0.2, -0.15) is 0 Å². The van der Waals surface area contributed by atoms with Crippen molar-refractivity contribution in [1.82, 2.24) is 0 Å². The van der Waals surface area contributed by atoms with Gasteiger partial charge in [-0.15, -0.1) is 0 Å². The highest BCUT2D eigenvalue weighted by atomic mass is 16.4. The fourth-order valence-electron chi connectivity index (χ4n) is 6.24. The Kier molecular flexibility index (Phi) is 24.1. The second-order valence-electron chi connectivity index (χ2n) is 13.5. The number of carboxylic acid groups (broad SMARTS) is 1. The number of likely N-dealkylation sites (N-methyl/N-ethyl adjacent to an activating group) is 1. The van der Waals surface area contributed by atoms with Crippen LogP contribution in [0.4, 0.5) is 0 Å². The second kappa shape index (κ2) is 24.6. The van der Waals surface area contributed by atoms with E-state index in [1.54, 1.807) is 0 Å². The molecule has 0 aliphatic rings. The molecular weight excluding hydrogens is 498 g/mol. The smallest absolute Gasteiger partial charge is 0.307 e. The summed E-state index contributed by atoms with van der Waals surface area (Å²) in [5.41, 5.74) is -1.81. The van der Waals surface area contributed by atoms with Crippen molar-refractivity contribution in [2.45, 2.75) is 192 Å². The summed E-state index contributed by atoms with van der Waals surface area (Å²) in [7, 11) is 5.94. The number of hydrogen-bond acceptors (Lipinski definition) is 3. The predicted molar refractivity (Wildman–Crippen MR) is 171 cm³/mol. The van der Waals surface area contributed by atoms with E-state index in [9.17, 15) is 19.8 Å². The highest BCUT2D eigenvalue weighted by Gasteiger charge is 2.51. The Balaban J connectivity index is 4.51. The molecule has 0 heterocycles. The number of carbonyl (C=O) groups is 2. The fourth-order valence-corrected chi connectivity index (χ4v) is 6.24. The van der Waals surface area contributed by atoms with Gasteiger partial charge in [-0.1, -0.05) is 149 Å². The lowest BCUT2D eigenvalue weighted by Crippen LogP contribution is -2.63. The van der Waals surface area contributed by atoms with E-state index < -0.39 is 24.0 Å². The van der Waals surface area contributed by atoms with Crippen LogP contribution in [-0.2, 0) is 9.59 Å². The summed E-state index contributed by atoms with van der Waals surface area (Å²) in [4.78, 5) is 25.1. The molecule has 0 rings (SSSR count). The zero-order valence-corrected chi connectivity index (χ0v) is 27.6. The summed E-state index contributed by atoms with van der Waals surface area (Å²) in [5.74, 6) is -1.37. The molecule has 5 heteroatoms. The number of ketones is 1. The van der Waals surface area contributed by atoms with Gasteiger partial charge in [0.15, 0.2) is 11.4 Å². The van der Waals surface area contributed by atoms with Gasteiger partial charge in [0, 0.05) is 12.8 Å². The Morgan fingerprint density at radius 1 is 0.575 bits per heavy atom. The first-order valence-corrected chi connectivity index (χ1v) is 17.4. The van der Waals surface area contributed by atoms with E-state index in [1.165, 1.54) is 116 Å². The Morgan fingerprint density at radius 3 is 1.23 bits per heavy atom. The zero-order valence-electron chi connectivity index (χ0n) is 27.6. The van der Waals surface area contributed by atoms with Gasteiger partial charge in [-0.3, -0.25) is 9.59 Å². The lowest BCUT2D eigenvalue weighted by Gasteiger charge is -2.43. The van der Waals surface area contributed by atoms with Gasteiger partial charge >= 0.3 is 5.97 Å². The molecule has 40 heavy (non-hydrogen) atoms. The molecule has 0 spiro atoms. The average Bonchev–Trinajstić information content (AvgIpc) is 2.88. The van der Waals surface area contributed by atoms with E-state index in [0.717, 1.165) is 32.1 Å². The number of carbonyl (C=O) groups excluding carboxylic acids is 1. The van der Waals surface area contributed by atoms with E-state index in [1.807, 2.05) is 21.1 Å². The van der Waals surface area contributed by atoms with Gasteiger partial charge in [0.25, 0.3) is 0 Å². The fraction of sp³-hybridized carbons (Fsp3) is 0.943. The number of quaternary nitrogens is 1. The van der Waals surface area contributed by atoms with E-state index in [4.69, 9.17) is 0 Å². The van der Waals surface area contributed by atoms with Crippen LogP contribution in [0.3, 0.4) is 0 Å². The third-order valence-corrected chi connectivity index (χ3v) is 8.73. The van der Waals surface area contributed by atoms with Crippen molar-refractivity contribution in [2.75, 3.05) is 21.1 Å². The maximum absolute atomic E-state index is 13.3. The second-order valence-corrected chi connectivity index (χ2v) is 13.5. The lowest BCUT2D eigenvalue weighted by atomic mass is 9.80. The molecular formula is C35H70NO4+. The summed E-state index contributed by atoms with van der Waals surface area (Å²) < 4.78 is 0.395. The minimum Gasteiger partial charge on any atom is -0.481 e. The molecule has 0 aromatic heterocycles. The first-order chi connectivity index (χ1) is 19.1. The van der Waals surface area contributed by atoms with Crippen molar-refractivity contribution in [1.29, 1.82) is 0 Å². The van der Waals surface area contributed by atoms with Crippen molar-refractivity contribution in [3.63, 3.8) is 0 Å². The lowest BCUT2D eigenvalue weighted by molar-refractivity contribution is -0.902. The molecule has 0 bridgehead atoms. The van der Waals surface area contributed by atoms with Gasteiger partial charge in [0.05, 0.1) is 27.6 Å². The molecule has 2 unspecified atom stereocenters. The van der Waals surface area contributed by atoms with Crippen molar-refractivity contribution in [3.8, 4) is 0 Å². The first-order valence-electron chi connectivity index (χ1n) is 17.4. The molecule has 0 aromatic carbocycles. The quantitative estimate of drug-likeness (QED) is 0.0668. The standard InChI is InChI=1S/C35H69NO4/c1-6-8-10-12-14-16-18-20-21-23-25-27-29-32(36(3,4)5)35(40,31-34(38)39)33(37)30-28-26-24-22-19-17-15-13-11-9-7-2/h32,40H,6-31H2,1-5H3/p+1. The number of aliphatic carboxylic acids is 1. The van der Waals surface area contributed by atoms with Crippen LogP contribution in [0.2, 0.25) is 0 Å². The van der Waals surface area contributed by atoms with Crippen molar-refractivity contribution < 1.29 is 24.3 Å². The number of aliphatic hydroxyl groups is 1. The molecule has 238 valence electrons. The van der Waals surface area contributed by atoms with Crippen LogP contribution in [0.1, 0.15) is 181 Å². The molecule has 0 amide bonds. The van der Waals surface area contributed by atoms with Crippen molar-refractivity contribution >= 4 is 11.8 Å². The van der Waals surface area contributed by atoms with Gasteiger partial charge in [-0.05, 0) is 12.8 Å². The minimum absolute atomic E-state index is 0.274. The van der Waals surface area contributed by atoms with Gasteiger partial charge in [0.2, 0.25) is 0 Å². The summed E-state index contributed by atoms with van der Waals surface area (Å²) in [5, 5.41) is 21.3. The Hall–Kier alpha value is -0.940. The number of Topliss-reactive ketones (excluding diaryl/α,β-unsaturated/α-hetero) is 1. The van der Waals surface area contributed by atoms with Crippen LogP contribution in [0, 0.1) is 0 Å². The summed E-state index contributed by atoms with van der Waals surface area (Å²) in [6, 6.07) is -0.410. The van der Waals surface area contributed by atoms with Crippen LogP contribution in [0.5, 0.6) is 0 Å². The SMILES string of the molecule is CCCCCCCCCCCCCCC(C(O)(CC(=O)O)C(=O)CCCCCCCCCCCCC)[N+](C)(C)C. The third-order valence-electron chi connectivity index (χ3n) is 8.73. The van der Waals surface area contributed by atoms with Gasteiger partial charge in [0.1, 0.15) is 6.04 Å². The molecule has 0 radical (unpaired) electrons. The third kappa shape index (κ3) is 20.0. The average molecular weight is 569 g/mol. The topological polar surface area (TPSA) is 74.6 Å². The molecule has 5 nitrogen and oxygen atoms in total. The van der Waals surface area contributed by atoms with Crippen LogP contribution < -0.4 is 0 Å². The summed E-state index contributed by atoms with van der Waals surface area (Å²) in [6.45, 7) is 4.50. The van der Waals surface area contributed by atoms with Crippen LogP contribution in [0.15, 0.2) is 0 Å². The highest BCUT2D eigenvalue weighted by Crippen LogP contribution is 2.31. The highest BCUT2D eigenvalue weighted by molar-refractivity contribution is 5.91. The number of hydrogen-bond donors (Lipinski definition) is 2. The van der Waals surface area contributed by atoms with E-state index >= 15 is 0 Å². The normalized spacial score (nSPS) is 14.2. The van der Waals surface area contributed by atoms with E-state index in [0.29, 0.717) is 10.9 Å². The number of nitrogens with zero attached hydrogens (tertiary/aromatic N) is 1. The maximum atomic E-state index is 13.3. The maximum Gasteiger partial charge on any atom is 0.307 e. The summed E-state index contributed by atoms with van der Waals surface area (Å²) >= 11 is 0.